The van der Waals surface area contributed by atoms with Crippen LogP contribution in [-0.2, 0) is 10.8 Å². The first-order valence-electron chi connectivity index (χ1n) is 8.24. The second-order valence-electron chi connectivity index (χ2n) is 8.00. The fourth-order valence-corrected chi connectivity index (χ4v) is 7.61. The van der Waals surface area contributed by atoms with E-state index in [2.05, 4.69) is 12.2 Å². The van der Waals surface area contributed by atoms with Gasteiger partial charge in [0.2, 0.25) is 0 Å². The summed E-state index contributed by atoms with van der Waals surface area (Å²) in [6.07, 6.45) is 9.90. The second-order valence-corrected chi connectivity index (χ2v) is 9.62. The molecule has 3 heteroatoms. The van der Waals surface area contributed by atoms with Crippen LogP contribution in [-0.4, -0.2) is 27.8 Å². The molecule has 1 heterocycles. The van der Waals surface area contributed by atoms with Crippen LogP contribution in [0.5, 0.6) is 0 Å². The van der Waals surface area contributed by atoms with E-state index in [4.69, 9.17) is 0 Å². The molecule has 3 atom stereocenters. The smallest absolute Gasteiger partial charge is 0.0394 e. The van der Waals surface area contributed by atoms with Gasteiger partial charge in [-0.3, -0.25) is 4.21 Å². The summed E-state index contributed by atoms with van der Waals surface area (Å²) >= 11 is 0. The summed E-state index contributed by atoms with van der Waals surface area (Å²) in [6, 6.07) is 1.10. The normalized spacial score (nSPS) is 57.1. The van der Waals surface area contributed by atoms with Crippen molar-refractivity contribution in [2.24, 2.45) is 23.2 Å². The number of hydrogen-bond donors (Lipinski definition) is 1. The zero-order valence-electron chi connectivity index (χ0n) is 12.1. The minimum absolute atomic E-state index is 0.517. The molecule has 108 valence electrons. The van der Waals surface area contributed by atoms with Crippen molar-refractivity contribution in [3.8, 4) is 0 Å². The van der Waals surface area contributed by atoms with Gasteiger partial charge in [0, 0.05) is 34.4 Å². The van der Waals surface area contributed by atoms with Gasteiger partial charge in [-0.2, -0.15) is 0 Å². The van der Waals surface area contributed by atoms with Crippen molar-refractivity contribution in [1.29, 1.82) is 0 Å². The molecule has 0 spiro atoms. The molecular formula is C16H27NOS. The highest BCUT2D eigenvalue weighted by Crippen LogP contribution is 2.61. The van der Waals surface area contributed by atoms with E-state index in [1.54, 1.807) is 0 Å². The first-order chi connectivity index (χ1) is 9.13. The Morgan fingerprint density at radius 1 is 1.05 bits per heavy atom. The standard InChI is InChI=1S/C16H27NOS/c1-11-2-3-19(18)10-15(17-11)16-7-12-4-13(8-16)6-14(5-12)9-16/h11-15,17H,2-10H2,1H3. The Kier molecular flexibility index (Phi) is 3.07. The van der Waals surface area contributed by atoms with Crippen molar-refractivity contribution in [1.82, 2.24) is 5.32 Å². The average Bonchev–Trinajstić information content (AvgIpc) is 2.50. The molecule has 1 saturated heterocycles. The van der Waals surface area contributed by atoms with Gasteiger partial charge in [-0.05, 0) is 75.0 Å². The highest BCUT2D eigenvalue weighted by Gasteiger charge is 2.54. The van der Waals surface area contributed by atoms with Crippen molar-refractivity contribution >= 4 is 10.8 Å². The number of hydrogen-bond acceptors (Lipinski definition) is 2. The third-order valence-electron chi connectivity index (χ3n) is 6.44. The first kappa shape index (κ1) is 12.8. The maximum Gasteiger partial charge on any atom is 0.0394 e. The molecule has 3 unspecified atom stereocenters. The molecule has 5 aliphatic rings. The lowest BCUT2D eigenvalue weighted by atomic mass is 9.48. The van der Waals surface area contributed by atoms with Crippen LogP contribution in [0.2, 0.25) is 0 Å². The number of rotatable bonds is 1. The summed E-state index contributed by atoms with van der Waals surface area (Å²) in [6.45, 7) is 2.29. The summed E-state index contributed by atoms with van der Waals surface area (Å²) in [5.41, 5.74) is 0.517. The predicted octanol–water partition coefficient (Wildman–Crippen LogP) is 2.70. The summed E-state index contributed by atoms with van der Waals surface area (Å²) in [4.78, 5) is 0. The van der Waals surface area contributed by atoms with Crippen molar-refractivity contribution in [3.05, 3.63) is 0 Å². The van der Waals surface area contributed by atoms with E-state index in [1.165, 1.54) is 38.5 Å². The minimum Gasteiger partial charge on any atom is -0.310 e. The van der Waals surface area contributed by atoms with Crippen molar-refractivity contribution in [2.75, 3.05) is 11.5 Å². The summed E-state index contributed by atoms with van der Waals surface area (Å²) in [5.74, 6) is 4.84. The van der Waals surface area contributed by atoms with E-state index in [0.29, 0.717) is 17.5 Å². The Balaban J connectivity index is 1.61. The molecule has 0 aromatic carbocycles. The lowest BCUT2D eigenvalue weighted by Crippen LogP contribution is -2.58. The molecule has 5 fully saturated rings. The van der Waals surface area contributed by atoms with Gasteiger partial charge in [0.15, 0.2) is 0 Å². The van der Waals surface area contributed by atoms with E-state index >= 15 is 0 Å². The van der Waals surface area contributed by atoms with Crippen LogP contribution in [0.1, 0.15) is 51.9 Å². The van der Waals surface area contributed by atoms with Crippen LogP contribution in [0.3, 0.4) is 0 Å². The zero-order valence-corrected chi connectivity index (χ0v) is 12.9. The molecule has 5 rings (SSSR count). The van der Waals surface area contributed by atoms with E-state index in [1.807, 2.05) is 0 Å². The van der Waals surface area contributed by atoms with Crippen LogP contribution in [0.15, 0.2) is 0 Å². The van der Waals surface area contributed by atoms with E-state index < -0.39 is 10.8 Å². The Hall–Kier alpha value is 0.110. The Morgan fingerprint density at radius 3 is 2.21 bits per heavy atom. The Morgan fingerprint density at radius 2 is 1.63 bits per heavy atom. The summed E-state index contributed by atoms with van der Waals surface area (Å²) in [5, 5.41) is 3.87. The van der Waals surface area contributed by atoms with E-state index in [9.17, 15) is 4.21 Å². The molecule has 0 radical (unpaired) electrons. The van der Waals surface area contributed by atoms with Gasteiger partial charge in [0.05, 0.1) is 0 Å². The average molecular weight is 281 g/mol. The molecule has 4 aliphatic carbocycles. The minimum atomic E-state index is -0.584. The summed E-state index contributed by atoms with van der Waals surface area (Å²) < 4.78 is 12.2. The van der Waals surface area contributed by atoms with Crippen LogP contribution < -0.4 is 5.32 Å². The summed E-state index contributed by atoms with van der Waals surface area (Å²) in [7, 11) is -0.584. The fourth-order valence-electron chi connectivity index (χ4n) is 6.01. The Labute approximate surface area is 119 Å². The first-order valence-corrected chi connectivity index (χ1v) is 9.73. The van der Waals surface area contributed by atoms with E-state index in [-0.39, 0.29) is 0 Å². The van der Waals surface area contributed by atoms with Gasteiger partial charge in [-0.25, -0.2) is 0 Å². The molecule has 1 aliphatic heterocycles. The zero-order chi connectivity index (χ0) is 13.0. The maximum absolute atomic E-state index is 12.2. The molecule has 0 aromatic heterocycles. The van der Waals surface area contributed by atoms with Crippen LogP contribution in [0, 0.1) is 23.2 Å². The highest BCUT2D eigenvalue weighted by molar-refractivity contribution is 7.85. The third-order valence-corrected chi connectivity index (χ3v) is 7.84. The quantitative estimate of drug-likeness (QED) is 0.800. The van der Waals surface area contributed by atoms with Gasteiger partial charge in [0.25, 0.3) is 0 Å². The Bertz CT molecular complexity index is 359. The maximum atomic E-state index is 12.2. The van der Waals surface area contributed by atoms with Crippen molar-refractivity contribution < 1.29 is 4.21 Å². The molecule has 0 aromatic rings. The van der Waals surface area contributed by atoms with Crippen LogP contribution >= 0.6 is 0 Å². The third kappa shape index (κ3) is 2.21. The van der Waals surface area contributed by atoms with Gasteiger partial charge < -0.3 is 5.32 Å². The van der Waals surface area contributed by atoms with Crippen molar-refractivity contribution in [2.45, 2.75) is 64.0 Å². The highest BCUT2D eigenvalue weighted by atomic mass is 32.2. The lowest BCUT2D eigenvalue weighted by molar-refractivity contribution is -0.0707. The van der Waals surface area contributed by atoms with Gasteiger partial charge >= 0.3 is 0 Å². The molecule has 0 amide bonds. The molecule has 19 heavy (non-hydrogen) atoms. The van der Waals surface area contributed by atoms with Gasteiger partial charge in [0.1, 0.15) is 0 Å². The van der Waals surface area contributed by atoms with Crippen LogP contribution in [0.25, 0.3) is 0 Å². The molecule has 2 nitrogen and oxygen atoms in total. The van der Waals surface area contributed by atoms with Crippen molar-refractivity contribution in [3.63, 3.8) is 0 Å². The molecular weight excluding hydrogens is 254 g/mol. The lowest BCUT2D eigenvalue weighted by Gasteiger charge is -2.59. The van der Waals surface area contributed by atoms with Gasteiger partial charge in [-0.1, -0.05) is 0 Å². The van der Waals surface area contributed by atoms with E-state index in [0.717, 1.165) is 35.7 Å². The molecule has 4 saturated carbocycles. The molecule has 4 bridgehead atoms. The topological polar surface area (TPSA) is 29.1 Å². The van der Waals surface area contributed by atoms with Gasteiger partial charge in [-0.15, -0.1) is 0 Å². The SMILES string of the molecule is CC1CCS(=O)CC(C23CC4CC(CC(C4)C2)C3)N1. The predicted molar refractivity (Wildman–Crippen MR) is 79.5 cm³/mol. The molecule has 1 N–H and O–H groups in total. The largest absolute Gasteiger partial charge is 0.310 e. The second kappa shape index (κ2) is 4.56. The fraction of sp³-hybridized carbons (Fsp3) is 1.00. The van der Waals surface area contributed by atoms with Crippen LogP contribution in [0.4, 0.5) is 0 Å². The monoisotopic (exact) mass is 281 g/mol. The number of nitrogens with one attached hydrogen (secondary N) is 1.